The van der Waals surface area contributed by atoms with Crippen molar-refractivity contribution in [3.05, 3.63) is 78.5 Å². The third-order valence-corrected chi connectivity index (χ3v) is 4.91. The lowest BCUT2D eigenvalue weighted by atomic mass is 10.2. The second-order valence-electron chi connectivity index (χ2n) is 5.49. The number of amides is 1. The molecular formula is C18H17N5O4S. The summed E-state index contributed by atoms with van der Waals surface area (Å²) in [5, 5.41) is 0. The van der Waals surface area contributed by atoms with E-state index in [9.17, 15) is 13.2 Å². The standard InChI is InChI=1S/C18H17N5O4S/c24-17(22-23-18-19-10-2-11-20-18)9-6-14-4-7-16(8-5-14)28(25,26)21-13-15-3-1-12-27-15/h1-12,21H,13H2,(H,22,24)(H,19,20,23)/b9-6+. The molecule has 0 fully saturated rings. The van der Waals surface area contributed by atoms with Gasteiger partial charge in [-0.3, -0.25) is 15.6 Å². The van der Waals surface area contributed by atoms with Crippen LogP contribution < -0.4 is 15.6 Å². The van der Waals surface area contributed by atoms with Crippen LogP contribution in [0.2, 0.25) is 0 Å². The average molecular weight is 399 g/mol. The highest BCUT2D eigenvalue weighted by Crippen LogP contribution is 2.12. The number of aromatic nitrogens is 2. The molecular weight excluding hydrogens is 382 g/mol. The summed E-state index contributed by atoms with van der Waals surface area (Å²) in [7, 11) is -3.66. The number of anilines is 1. The van der Waals surface area contributed by atoms with Crippen molar-refractivity contribution in [1.82, 2.24) is 20.1 Å². The van der Waals surface area contributed by atoms with Gasteiger partial charge in [0, 0.05) is 18.5 Å². The van der Waals surface area contributed by atoms with Crippen LogP contribution in [0, 0.1) is 0 Å². The zero-order valence-electron chi connectivity index (χ0n) is 14.6. The minimum atomic E-state index is -3.66. The molecule has 9 nitrogen and oxygen atoms in total. The normalized spacial score (nSPS) is 11.4. The van der Waals surface area contributed by atoms with Crippen molar-refractivity contribution in [3.63, 3.8) is 0 Å². The average Bonchev–Trinajstić information content (AvgIpc) is 3.24. The fourth-order valence-electron chi connectivity index (χ4n) is 2.12. The maximum atomic E-state index is 12.3. The van der Waals surface area contributed by atoms with Gasteiger partial charge in [0.05, 0.1) is 17.7 Å². The molecule has 0 bridgehead atoms. The van der Waals surface area contributed by atoms with Crippen LogP contribution in [0.1, 0.15) is 11.3 Å². The van der Waals surface area contributed by atoms with Gasteiger partial charge in [-0.25, -0.2) is 23.1 Å². The van der Waals surface area contributed by atoms with Crippen LogP contribution in [0.3, 0.4) is 0 Å². The first kappa shape index (κ1) is 19.3. The maximum absolute atomic E-state index is 12.3. The molecule has 10 heteroatoms. The summed E-state index contributed by atoms with van der Waals surface area (Å²) in [4.78, 5) is 19.7. The van der Waals surface area contributed by atoms with Gasteiger partial charge in [-0.15, -0.1) is 0 Å². The molecule has 0 aliphatic rings. The monoisotopic (exact) mass is 399 g/mol. The van der Waals surface area contributed by atoms with E-state index in [-0.39, 0.29) is 17.4 Å². The molecule has 2 heterocycles. The lowest BCUT2D eigenvalue weighted by molar-refractivity contribution is -0.116. The van der Waals surface area contributed by atoms with E-state index < -0.39 is 15.9 Å². The van der Waals surface area contributed by atoms with E-state index in [0.29, 0.717) is 11.3 Å². The molecule has 0 radical (unpaired) electrons. The lowest BCUT2D eigenvalue weighted by Crippen LogP contribution is -2.28. The van der Waals surface area contributed by atoms with E-state index in [1.807, 2.05) is 0 Å². The topological polar surface area (TPSA) is 126 Å². The highest BCUT2D eigenvalue weighted by atomic mass is 32.2. The Bertz CT molecular complexity index is 1030. The Morgan fingerprint density at radius 2 is 1.82 bits per heavy atom. The number of hydrazine groups is 1. The zero-order valence-corrected chi connectivity index (χ0v) is 15.4. The van der Waals surface area contributed by atoms with Crippen LogP contribution in [-0.4, -0.2) is 24.3 Å². The number of nitrogens with one attached hydrogen (secondary N) is 3. The van der Waals surface area contributed by atoms with Crippen LogP contribution in [-0.2, 0) is 21.4 Å². The molecule has 3 N–H and O–H groups in total. The highest BCUT2D eigenvalue weighted by molar-refractivity contribution is 7.89. The number of carbonyl (C=O) groups excluding carboxylic acids is 1. The zero-order chi connectivity index (χ0) is 19.8. The molecule has 0 saturated heterocycles. The predicted molar refractivity (Wildman–Crippen MR) is 102 cm³/mol. The van der Waals surface area contributed by atoms with E-state index in [4.69, 9.17) is 4.42 Å². The Balaban J connectivity index is 1.54. The highest BCUT2D eigenvalue weighted by Gasteiger charge is 2.13. The molecule has 1 aromatic carbocycles. The summed E-state index contributed by atoms with van der Waals surface area (Å²) in [6.45, 7) is 0.0648. The van der Waals surface area contributed by atoms with Crippen molar-refractivity contribution in [2.24, 2.45) is 0 Å². The van der Waals surface area contributed by atoms with Crippen LogP contribution in [0.25, 0.3) is 6.08 Å². The van der Waals surface area contributed by atoms with Crippen LogP contribution in [0.15, 0.2) is 76.5 Å². The molecule has 0 saturated carbocycles. The molecule has 28 heavy (non-hydrogen) atoms. The maximum Gasteiger partial charge on any atom is 0.262 e. The quantitative estimate of drug-likeness (QED) is 0.389. The van der Waals surface area contributed by atoms with Crippen molar-refractivity contribution in [2.45, 2.75) is 11.4 Å². The van der Waals surface area contributed by atoms with E-state index in [1.165, 1.54) is 36.9 Å². The molecule has 1 amide bonds. The second kappa shape index (κ2) is 8.93. The Morgan fingerprint density at radius 1 is 1.07 bits per heavy atom. The van der Waals surface area contributed by atoms with E-state index in [1.54, 1.807) is 36.4 Å². The number of hydrogen-bond acceptors (Lipinski definition) is 7. The van der Waals surface area contributed by atoms with Gasteiger partial charge in [0.15, 0.2) is 0 Å². The molecule has 3 aromatic rings. The molecule has 0 unspecified atom stereocenters. The fraction of sp³-hybridized carbons (Fsp3) is 0.0556. The number of benzene rings is 1. The molecule has 0 spiro atoms. The van der Waals surface area contributed by atoms with Crippen molar-refractivity contribution in [3.8, 4) is 0 Å². The molecule has 2 aromatic heterocycles. The summed E-state index contributed by atoms with van der Waals surface area (Å²) < 4.78 is 32.1. The predicted octanol–water partition coefficient (Wildman–Crippen LogP) is 1.70. The molecule has 0 aliphatic carbocycles. The molecule has 0 aliphatic heterocycles. The second-order valence-corrected chi connectivity index (χ2v) is 7.26. The van der Waals surface area contributed by atoms with Crippen LogP contribution in [0.4, 0.5) is 5.95 Å². The Labute approximate surface area is 161 Å². The number of carbonyl (C=O) groups is 1. The lowest BCUT2D eigenvalue weighted by Gasteiger charge is -2.06. The van der Waals surface area contributed by atoms with Crippen molar-refractivity contribution >= 4 is 28.0 Å². The first-order valence-corrected chi connectivity index (χ1v) is 9.64. The van der Waals surface area contributed by atoms with Gasteiger partial charge in [-0.05, 0) is 42.0 Å². The van der Waals surface area contributed by atoms with Crippen molar-refractivity contribution in [1.29, 1.82) is 0 Å². The van der Waals surface area contributed by atoms with Gasteiger partial charge in [0.2, 0.25) is 16.0 Å². The minimum absolute atomic E-state index is 0.0648. The van der Waals surface area contributed by atoms with E-state index in [0.717, 1.165) is 0 Å². The minimum Gasteiger partial charge on any atom is -0.468 e. The molecule has 3 rings (SSSR count). The fourth-order valence-corrected chi connectivity index (χ4v) is 3.11. The Hall–Kier alpha value is -3.50. The summed E-state index contributed by atoms with van der Waals surface area (Å²) in [5.74, 6) is 0.369. The summed E-state index contributed by atoms with van der Waals surface area (Å²) in [6, 6.07) is 11.1. The number of sulfonamides is 1. The molecule has 144 valence electrons. The first-order valence-electron chi connectivity index (χ1n) is 8.16. The SMILES string of the molecule is O=C(/C=C/c1ccc(S(=O)(=O)NCc2ccco2)cc1)NNc1ncccn1. The van der Waals surface area contributed by atoms with Gasteiger partial charge in [-0.2, -0.15) is 0 Å². The summed E-state index contributed by atoms with van der Waals surface area (Å²) in [6.07, 6.45) is 7.40. The smallest absolute Gasteiger partial charge is 0.262 e. The Kier molecular flexibility index (Phi) is 6.14. The number of furan rings is 1. The van der Waals surface area contributed by atoms with E-state index >= 15 is 0 Å². The number of rotatable bonds is 8. The van der Waals surface area contributed by atoms with Gasteiger partial charge in [0.1, 0.15) is 5.76 Å². The Morgan fingerprint density at radius 3 is 2.50 bits per heavy atom. The first-order chi connectivity index (χ1) is 13.5. The third-order valence-electron chi connectivity index (χ3n) is 3.50. The van der Waals surface area contributed by atoms with E-state index in [2.05, 4.69) is 25.5 Å². The third kappa shape index (κ3) is 5.50. The van der Waals surface area contributed by atoms with Gasteiger partial charge >= 0.3 is 0 Å². The molecule has 0 atom stereocenters. The number of hydrogen-bond donors (Lipinski definition) is 3. The van der Waals surface area contributed by atoms with Crippen molar-refractivity contribution in [2.75, 3.05) is 5.43 Å². The van der Waals surface area contributed by atoms with Crippen LogP contribution >= 0.6 is 0 Å². The van der Waals surface area contributed by atoms with Gasteiger partial charge in [0.25, 0.3) is 5.91 Å². The number of nitrogens with zero attached hydrogens (tertiary/aromatic N) is 2. The largest absolute Gasteiger partial charge is 0.468 e. The van der Waals surface area contributed by atoms with Crippen molar-refractivity contribution < 1.29 is 17.6 Å². The summed E-state index contributed by atoms with van der Waals surface area (Å²) in [5.41, 5.74) is 5.65. The summed E-state index contributed by atoms with van der Waals surface area (Å²) >= 11 is 0. The van der Waals surface area contributed by atoms with Gasteiger partial charge in [-0.1, -0.05) is 12.1 Å². The van der Waals surface area contributed by atoms with Gasteiger partial charge < -0.3 is 4.42 Å². The van der Waals surface area contributed by atoms with Crippen LogP contribution in [0.5, 0.6) is 0 Å².